The van der Waals surface area contributed by atoms with Gasteiger partial charge >= 0.3 is 0 Å². The molecule has 1 fully saturated rings. The zero-order valence-corrected chi connectivity index (χ0v) is 14.7. The van der Waals surface area contributed by atoms with E-state index in [9.17, 15) is 4.79 Å². The van der Waals surface area contributed by atoms with Gasteiger partial charge in [0, 0.05) is 32.2 Å². The summed E-state index contributed by atoms with van der Waals surface area (Å²) in [7, 11) is 1.64. The molecule has 0 spiro atoms. The van der Waals surface area contributed by atoms with Crippen molar-refractivity contribution in [1.29, 1.82) is 0 Å². The third kappa shape index (κ3) is 3.33. The van der Waals surface area contributed by atoms with E-state index in [2.05, 4.69) is 50.6 Å². The van der Waals surface area contributed by atoms with Crippen LogP contribution in [0.15, 0.2) is 45.8 Å². The van der Waals surface area contributed by atoms with Crippen LogP contribution in [-0.4, -0.2) is 29.5 Å². The molecule has 0 bridgehead atoms. The first-order valence-electron chi connectivity index (χ1n) is 7.71. The maximum absolute atomic E-state index is 12.0. The van der Waals surface area contributed by atoms with Crippen molar-refractivity contribution in [3.05, 3.63) is 56.9 Å². The number of anilines is 1. The number of halogens is 1. The summed E-state index contributed by atoms with van der Waals surface area (Å²) < 4.78 is 7.39. The Morgan fingerprint density at radius 1 is 1.30 bits per heavy atom. The van der Waals surface area contributed by atoms with Gasteiger partial charge < -0.3 is 10.1 Å². The van der Waals surface area contributed by atoms with Gasteiger partial charge in [0.15, 0.2) is 0 Å². The Bertz CT molecular complexity index is 724. The summed E-state index contributed by atoms with van der Waals surface area (Å²) in [5.74, 6) is 0. The van der Waals surface area contributed by atoms with Gasteiger partial charge in [-0.2, -0.15) is 5.10 Å². The minimum atomic E-state index is -0.143. The molecule has 1 N–H and O–H groups in total. The van der Waals surface area contributed by atoms with Gasteiger partial charge in [-0.3, -0.25) is 4.79 Å². The quantitative estimate of drug-likeness (QED) is 0.889. The lowest BCUT2D eigenvalue weighted by Crippen LogP contribution is -2.40. The molecule has 1 aromatic heterocycles. The van der Waals surface area contributed by atoms with Gasteiger partial charge in [-0.1, -0.05) is 30.3 Å². The molecule has 0 saturated carbocycles. The van der Waals surface area contributed by atoms with E-state index in [0.717, 1.165) is 38.3 Å². The first-order valence-corrected chi connectivity index (χ1v) is 8.51. The van der Waals surface area contributed by atoms with Crippen molar-refractivity contribution in [1.82, 2.24) is 9.78 Å². The summed E-state index contributed by atoms with van der Waals surface area (Å²) in [6, 6.07) is 10.5. The number of ether oxygens (including phenoxy) is 1. The van der Waals surface area contributed by atoms with Crippen LogP contribution in [0.3, 0.4) is 0 Å². The summed E-state index contributed by atoms with van der Waals surface area (Å²) >= 11 is 3.37. The number of hydrogen-bond donors (Lipinski definition) is 1. The van der Waals surface area contributed by atoms with Gasteiger partial charge in [0.2, 0.25) is 0 Å². The Morgan fingerprint density at radius 2 is 2.00 bits per heavy atom. The van der Waals surface area contributed by atoms with E-state index in [0.29, 0.717) is 4.47 Å². The molecule has 1 aliphatic heterocycles. The third-order valence-electron chi connectivity index (χ3n) is 4.53. The molecule has 5 nitrogen and oxygen atoms in total. The summed E-state index contributed by atoms with van der Waals surface area (Å²) in [6.07, 6.45) is 3.60. The number of hydrogen-bond acceptors (Lipinski definition) is 4. The smallest absolute Gasteiger partial charge is 0.282 e. The Kier molecular flexibility index (Phi) is 4.82. The fourth-order valence-corrected chi connectivity index (χ4v) is 3.52. The Labute approximate surface area is 143 Å². The highest BCUT2D eigenvalue weighted by molar-refractivity contribution is 9.10. The van der Waals surface area contributed by atoms with Crippen LogP contribution < -0.4 is 10.9 Å². The number of aryl methyl sites for hydroxylation is 1. The molecular formula is C17H20BrN3O2. The number of rotatable bonds is 4. The van der Waals surface area contributed by atoms with E-state index in [-0.39, 0.29) is 11.0 Å². The molecule has 1 aromatic carbocycles. The molecule has 1 saturated heterocycles. The standard InChI is InChI=1S/C17H20BrN3O2/c1-21-16(22)15(18)14(11-20-21)19-12-17(7-9-23-10-8-17)13-5-3-2-4-6-13/h2-6,11,19H,7-10,12H2,1H3. The van der Waals surface area contributed by atoms with Crippen LogP contribution in [0.1, 0.15) is 18.4 Å². The molecule has 2 aromatic rings. The predicted molar refractivity (Wildman–Crippen MR) is 93.8 cm³/mol. The fraction of sp³-hybridized carbons (Fsp3) is 0.412. The molecule has 23 heavy (non-hydrogen) atoms. The fourth-order valence-electron chi connectivity index (χ4n) is 3.02. The molecule has 0 aliphatic carbocycles. The van der Waals surface area contributed by atoms with Gasteiger partial charge in [-0.15, -0.1) is 0 Å². The molecule has 3 rings (SSSR count). The Hall–Kier alpha value is -1.66. The lowest BCUT2D eigenvalue weighted by Gasteiger charge is -2.38. The molecule has 0 unspecified atom stereocenters. The summed E-state index contributed by atoms with van der Waals surface area (Å²) in [4.78, 5) is 12.0. The minimum Gasteiger partial charge on any atom is -0.382 e. The van der Waals surface area contributed by atoms with Crippen LogP contribution >= 0.6 is 15.9 Å². The summed E-state index contributed by atoms with van der Waals surface area (Å²) in [5, 5.41) is 7.50. The van der Waals surface area contributed by atoms with E-state index >= 15 is 0 Å². The lowest BCUT2D eigenvalue weighted by molar-refractivity contribution is 0.0544. The second kappa shape index (κ2) is 6.84. The van der Waals surface area contributed by atoms with Crippen LogP contribution in [0.5, 0.6) is 0 Å². The van der Waals surface area contributed by atoms with Gasteiger partial charge in [0.05, 0.1) is 11.9 Å². The lowest BCUT2D eigenvalue weighted by atomic mass is 9.74. The number of benzene rings is 1. The van der Waals surface area contributed by atoms with Gasteiger partial charge in [-0.05, 0) is 34.3 Å². The first kappa shape index (κ1) is 16.2. The Morgan fingerprint density at radius 3 is 2.70 bits per heavy atom. The molecule has 6 heteroatoms. The van der Waals surface area contributed by atoms with E-state index in [1.807, 2.05) is 6.07 Å². The van der Waals surface area contributed by atoms with E-state index < -0.39 is 0 Å². The topological polar surface area (TPSA) is 56.1 Å². The van der Waals surface area contributed by atoms with Crippen molar-refractivity contribution in [2.75, 3.05) is 25.1 Å². The van der Waals surface area contributed by atoms with Crippen LogP contribution in [0.2, 0.25) is 0 Å². The van der Waals surface area contributed by atoms with E-state index in [1.165, 1.54) is 10.2 Å². The van der Waals surface area contributed by atoms with Gasteiger partial charge in [-0.25, -0.2) is 4.68 Å². The number of nitrogens with one attached hydrogen (secondary N) is 1. The minimum absolute atomic E-state index is 0.0139. The van der Waals surface area contributed by atoms with Crippen LogP contribution in [0.25, 0.3) is 0 Å². The second-order valence-corrected chi connectivity index (χ2v) is 6.71. The van der Waals surface area contributed by atoms with E-state index in [1.54, 1.807) is 13.2 Å². The summed E-state index contributed by atoms with van der Waals surface area (Å²) in [5.41, 5.74) is 1.91. The SMILES string of the molecule is Cn1ncc(NCC2(c3ccccc3)CCOCC2)c(Br)c1=O. The maximum Gasteiger partial charge on any atom is 0.282 e. The highest BCUT2D eigenvalue weighted by atomic mass is 79.9. The Balaban J connectivity index is 1.86. The number of nitrogens with zero attached hydrogens (tertiary/aromatic N) is 2. The van der Waals surface area contributed by atoms with Crippen molar-refractivity contribution in [2.45, 2.75) is 18.3 Å². The molecule has 0 amide bonds. The van der Waals surface area contributed by atoms with Gasteiger partial charge in [0.25, 0.3) is 5.56 Å². The highest BCUT2D eigenvalue weighted by Gasteiger charge is 2.34. The van der Waals surface area contributed by atoms with Crippen LogP contribution in [0, 0.1) is 0 Å². The molecule has 122 valence electrons. The van der Waals surface area contributed by atoms with E-state index in [4.69, 9.17) is 4.74 Å². The molecule has 1 aliphatic rings. The number of aromatic nitrogens is 2. The highest BCUT2D eigenvalue weighted by Crippen LogP contribution is 2.35. The molecule has 0 radical (unpaired) electrons. The van der Waals surface area contributed by atoms with Crippen molar-refractivity contribution < 1.29 is 4.74 Å². The monoisotopic (exact) mass is 377 g/mol. The molecule has 0 atom stereocenters. The normalized spacial score (nSPS) is 17.0. The summed E-state index contributed by atoms with van der Waals surface area (Å²) in [6.45, 7) is 2.26. The van der Waals surface area contributed by atoms with Gasteiger partial charge in [0.1, 0.15) is 4.47 Å². The maximum atomic E-state index is 12.0. The predicted octanol–water partition coefficient (Wildman–Crippen LogP) is 2.70. The van der Waals surface area contributed by atoms with Crippen LogP contribution in [0.4, 0.5) is 5.69 Å². The van der Waals surface area contributed by atoms with Crippen molar-refractivity contribution in [3.63, 3.8) is 0 Å². The third-order valence-corrected chi connectivity index (χ3v) is 5.30. The second-order valence-electron chi connectivity index (χ2n) is 5.91. The van der Waals surface area contributed by atoms with Crippen molar-refractivity contribution in [3.8, 4) is 0 Å². The zero-order valence-electron chi connectivity index (χ0n) is 13.1. The first-order chi connectivity index (χ1) is 11.1. The van der Waals surface area contributed by atoms with Crippen molar-refractivity contribution in [2.24, 2.45) is 7.05 Å². The average molecular weight is 378 g/mol. The van der Waals surface area contributed by atoms with Crippen LogP contribution in [-0.2, 0) is 17.2 Å². The zero-order chi connectivity index (χ0) is 16.3. The molecule has 2 heterocycles. The largest absolute Gasteiger partial charge is 0.382 e. The van der Waals surface area contributed by atoms with Crippen molar-refractivity contribution >= 4 is 21.6 Å². The average Bonchev–Trinajstić information content (AvgIpc) is 2.61. The molecular weight excluding hydrogens is 358 g/mol.